The molecule has 0 spiro atoms. The quantitative estimate of drug-likeness (QED) is 0.511. The minimum absolute atomic E-state index is 0.148. The molecule has 0 saturated carbocycles. The molecule has 0 N–H and O–H groups in total. The summed E-state index contributed by atoms with van der Waals surface area (Å²) in [6.45, 7) is 18.1. The molecule has 154 valence electrons. The summed E-state index contributed by atoms with van der Waals surface area (Å²) in [5.41, 5.74) is 1.26. The van der Waals surface area contributed by atoms with Crippen molar-refractivity contribution >= 4 is 8.32 Å². The fourth-order valence-electron chi connectivity index (χ4n) is 3.25. The Morgan fingerprint density at radius 1 is 1.19 bits per heavy atom. The fraction of sp³-hybridized carbons (Fsp3) is 0.727. The first kappa shape index (κ1) is 22.6. The van der Waals surface area contributed by atoms with E-state index in [0.29, 0.717) is 18.6 Å². The van der Waals surface area contributed by atoms with E-state index in [9.17, 15) is 0 Å². The first-order valence-corrected chi connectivity index (χ1v) is 13.3. The number of rotatable bonds is 9. The number of hydrogen-bond donors (Lipinski definition) is 0. The Hall–Kier alpha value is -0.723. The van der Waals surface area contributed by atoms with Crippen molar-refractivity contribution < 1.29 is 14.0 Å². The summed E-state index contributed by atoms with van der Waals surface area (Å²) in [5, 5.41) is 2.37. The highest BCUT2D eigenvalue weighted by molar-refractivity contribution is 6.74. The van der Waals surface area contributed by atoms with Gasteiger partial charge in [0.05, 0.1) is 0 Å². The molecular formula is C22H39NO3Si. The predicted octanol–water partition coefficient (Wildman–Crippen LogP) is 5.60. The Morgan fingerprint density at radius 2 is 1.85 bits per heavy atom. The van der Waals surface area contributed by atoms with Crippen LogP contribution in [0.3, 0.4) is 0 Å². The lowest BCUT2D eigenvalue weighted by atomic mass is 9.95. The van der Waals surface area contributed by atoms with Gasteiger partial charge in [0.15, 0.2) is 14.6 Å². The van der Waals surface area contributed by atoms with Gasteiger partial charge in [0.25, 0.3) is 0 Å². The van der Waals surface area contributed by atoms with Gasteiger partial charge in [0, 0.05) is 32.2 Å². The van der Waals surface area contributed by atoms with Crippen LogP contribution in [0.25, 0.3) is 0 Å². The van der Waals surface area contributed by atoms with Crippen molar-refractivity contribution in [2.75, 3.05) is 13.2 Å². The average molecular weight is 394 g/mol. The van der Waals surface area contributed by atoms with Crippen molar-refractivity contribution in [3.8, 4) is 0 Å². The van der Waals surface area contributed by atoms with Gasteiger partial charge in [-0.3, -0.25) is 4.84 Å². The van der Waals surface area contributed by atoms with Crippen molar-refractivity contribution in [3.05, 3.63) is 35.9 Å². The molecular weight excluding hydrogens is 354 g/mol. The van der Waals surface area contributed by atoms with Crippen LogP contribution in [0, 0.1) is 5.92 Å². The van der Waals surface area contributed by atoms with Crippen LogP contribution in [0.4, 0.5) is 0 Å². The zero-order valence-electron chi connectivity index (χ0n) is 18.3. The third kappa shape index (κ3) is 6.13. The molecule has 1 aliphatic heterocycles. The number of hydrogen-bond acceptors (Lipinski definition) is 4. The second kappa shape index (κ2) is 9.66. The van der Waals surface area contributed by atoms with E-state index in [1.165, 1.54) is 5.56 Å². The Morgan fingerprint density at radius 3 is 2.41 bits per heavy atom. The van der Waals surface area contributed by atoms with Gasteiger partial charge in [-0.2, -0.15) is 5.06 Å². The van der Waals surface area contributed by atoms with E-state index in [-0.39, 0.29) is 11.3 Å². The smallest absolute Gasteiger partial charge is 0.191 e. The van der Waals surface area contributed by atoms with E-state index in [1.807, 2.05) is 6.92 Å². The summed E-state index contributed by atoms with van der Waals surface area (Å²) >= 11 is 0. The van der Waals surface area contributed by atoms with Crippen molar-refractivity contribution in [2.24, 2.45) is 5.92 Å². The second-order valence-electron chi connectivity index (χ2n) is 9.09. The third-order valence-electron chi connectivity index (χ3n) is 6.12. The highest BCUT2D eigenvalue weighted by atomic mass is 28.4. The van der Waals surface area contributed by atoms with Crippen LogP contribution in [0.5, 0.6) is 0 Å². The standard InChI is InChI=1S/C22H39NO3Si/c1-8-19(17-25-27(6,7)22(3,4)5)20-15-21(24-9-2)26-23(20)16-18-13-11-10-12-14-18/h10-14,19-21H,8-9,15-17H2,1-7H3/t19-,20-,21?/m1/s1. The lowest BCUT2D eigenvalue weighted by Gasteiger charge is -2.38. The average Bonchev–Trinajstić information content (AvgIpc) is 2.98. The molecule has 1 fully saturated rings. The highest BCUT2D eigenvalue weighted by Crippen LogP contribution is 2.38. The van der Waals surface area contributed by atoms with Crippen molar-refractivity contribution in [2.45, 2.75) is 84.5 Å². The summed E-state index contributed by atoms with van der Waals surface area (Å²) in [5.74, 6) is 0.438. The van der Waals surface area contributed by atoms with Gasteiger partial charge in [-0.25, -0.2) is 0 Å². The predicted molar refractivity (Wildman–Crippen MR) is 114 cm³/mol. The third-order valence-corrected chi connectivity index (χ3v) is 10.6. The molecule has 1 unspecified atom stereocenters. The molecule has 3 atom stereocenters. The molecule has 1 aromatic carbocycles. The van der Waals surface area contributed by atoms with E-state index in [4.69, 9.17) is 14.0 Å². The molecule has 0 aliphatic carbocycles. The van der Waals surface area contributed by atoms with Crippen LogP contribution in [0.15, 0.2) is 30.3 Å². The molecule has 4 nitrogen and oxygen atoms in total. The van der Waals surface area contributed by atoms with E-state index in [1.54, 1.807) is 0 Å². The second-order valence-corrected chi connectivity index (χ2v) is 13.9. The van der Waals surface area contributed by atoms with Crippen LogP contribution in [-0.2, 0) is 20.5 Å². The van der Waals surface area contributed by atoms with Crippen LogP contribution in [-0.4, -0.2) is 38.9 Å². The molecule has 0 amide bonds. The molecule has 2 rings (SSSR count). The van der Waals surface area contributed by atoms with Gasteiger partial charge in [-0.1, -0.05) is 58.0 Å². The molecule has 27 heavy (non-hydrogen) atoms. The first-order chi connectivity index (χ1) is 12.7. The molecule has 5 heteroatoms. The maximum Gasteiger partial charge on any atom is 0.191 e. The van der Waals surface area contributed by atoms with E-state index in [2.05, 4.69) is 76.2 Å². The largest absolute Gasteiger partial charge is 0.416 e. The van der Waals surface area contributed by atoms with Gasteiger partial charge in [-0.05, 0) is 43.0 Å². The molecule has 1 heterocycles. The van der Waals surface area contributed by atoms with Crippen LogP contribution >= 0.6 is 0 Å². The Balaban J connectivity index is 2.09. The number of benzene rings is 1. The molecule has 0 radical (unpaired) electrons. The lowest BCUT2D eigenvalue weighted by molar-refractivity contribution is -0.246. The minimum Gasteiger partial charge on any atom is -0.416 e. The first-order valence-electron chi connectivity index (χ1n) is 10.4. The van der Waals surface area contributed by atoms with Gasteiger partial charge < -0.3 is 9.16 Å². The Kier molecular flexibility index (Phi) is 8.07. The van der Waals surface area contributed by atoms with Crippen molar-refractivity contribution in [1.82, 2.24) is 5.06 Å². The molecule has 1 aromatic rings. The molecule has 0 aromatic heterocycles. The van der Waals surface area contributed by atoms with Gasteiger partial charge in [0.1, 0.15) is 0 Å². The topological polar surface area (TPSA) is 30.9 Å². The van der Waals surface area contributed by atoms with Gasteiger partial charge in [0.2, 0.25) is 0 Å². The SMILES string of the molecule is CCOC1C[C@H]([C@H](CC)CO[Si](C)(C)C(C)(C)C)N(Cc2ccccc2)O1. The summed E-state index contributed by atoms with van der Waals surface area (Å²) < 4.78 is 12.4. The number of hydroxylamine groups is 2. The Bertz CT molecular complexity index is 558. The molecule has 1 saturated heterocycles. The van der Waals surface area contributed by atoms with Crippen LogP contribution < -0.4 is 0 Å². The summed E-state index contributed by atoms with van der Waals surface area (Å²) in [7, 11) is -1.75. The van der Waals surface area contributed by atoms with Gasteiger partial charge in [-0.15, -0.1) is 0 Å². The normalized spacial score (nSPS) is 22.9. The molecule has 1 aliphatic rings. The fourth-order valence-corrected chi connectivity index (χ4v) is 4.31. The van der Waals surface area contributed by atoms with E-state index < -0.39 is 8.32 Å². The number of ether oxygens (including phenoxy) is 1. The van der Waals surface area contributed by atoms with Gasteiger partial charge >= 0.3 is 0 Å². The van der Waals surface area contributed by atoms with Crippen molar-refractivity contribution in [1.29, 1.82) is 0 Å². The summed E-state index contributed by atoms with van der Waals surface area (Å²) in [6, 6.07) is 10.8. The maximum absolute atomic E-state index is 6.57. The van der Waals surface area contributed by atoms with E-state index in [0.717, 1.165) is 26.0 Å². The van der Waals surface area contributed by atoms with E-state index >= 15 is 0 Å². The minimum atomic E-state index is -1.75. The van der Waals surface area contributed by atoms with Crippen molar-refractivity contribution in [3.63, 3.8) is 0 Å². The summed E-state index contributed by atoms with van der Waals surface area (Å²) in [6.07, 6.45) is 1.83. The monoisotopic (exact) mass is 393 g/mol. The van der Waals surface area contributed by atoms with Crippen LogP contribution in [0.2, 0.25) is 18.1 Å². The zero-order chi connectivity index (χ0) is 20.1. The Labute approximate surface area is 167 Å². The lowest BCUT2D eigenvalue weighted by Crippen LogP contribution is -2.44. The van der Waals surface area contributed by atoms with Crippen LogP contribution in [0.1, 0.15) is 53.0 Å². The molecule has 0 bridgehead atoms. The zero-order valence-corrected chi connectivity index (χ0v) is 19.3. The maximum atomic E-state index is 6.57. The number of nitrogens with zero attached hydrogens (tertiary/aromatic N) is 1. The summed E-state index contributed by atoms with van der Waals surface area (Å²) in [4.78, 5) is 6.17. The highest BCUT2D eigenvalue weighted by Gasteiger charge is 2.41.